The lowest BCUT2D eigenvalue weighted by Crippen LogP contribution is -2.19. The first-order chi connectivity index (χ1) is 8.52. The maximum Gasteiger partial charge on any atom is 0.148 e. The molecule has 0 bridgehead atoms. The largest absolute Gasteiger partial charge is 0.394 e. The average Bonchev–Trinajstić information content (AvgIpc) is 2.88. The van der Waals surface area contributed by atoms with Gasteiger partial charge in [-0.2, -0.15) is 5.10 Å². The Balaban J connectivity index is 2.10. The molecule has 1 aromatic heterocycles. The number of nitrogens with two attached hydrogens (primary N) is 1. The number of ether oxygens (including phenoxy) is 1. The highest BCUT2D eigenvalue weighted by molar-refractivity contribution is 5.66. The molecule has 18 heavy (non-hydrogen) atoms. The van der Waals surface area contributed by atoms with Gasteiger partial charge < -0.3 is 15.8 Å². The number of nitrogens with one attached hydrogen (secondary N) is 1. The second-order valence-corrected chi connectivity index (χ2v) is 5.44. The van der Waals surface area contributed by atoms with Crippen LogP contribution in [0.15, 0.2) is 0 Å². The molecule has 0 radical (unpaired) electrons. The number of nitrogen functional groups attached to an aromatic ring is 1. The van der Waals surface area contributed by atoms with Crippen molar-refractivity contribution in [3.8, 4) is 0 Å². The quantitative estimate of drug-likeness (QED) is 0.861. The van der Waals surface area contributed by atoms with Crippen LogP contribution >= 0.6 is 0 Å². The van der Waals surface area contributed by atoms with Crippen LogP contribution in [0.25, 0.3) is 0 Å². The van der Waals surface area contributed by atoms with Crippen LogP contribution in [0.1, 0.15) is 44.7 Å². The molecular formula is C13H24N4O. The first kappa shape index (κ1) is 13.2. The Morgan fingerprint density at radius 3 is 2.67 bits per heavy atom. The molecule has 0 amide bonds. The summed E-state index contributed by atoms with van der Waals surface area (Å²) in [7, 11) is 3.72. The minimum Gasteiger partial charge on any atom is -0.394 e. The fourth-order valence-corrected chi connectivity index (χ4v) is 2.64. The molecule has 1 aliphatic carbocycles. The number of aromatic nitrogens is 2. The molecule has 0 saturated heterocycles. The molecule has 0 aliphatic heterocycles. The predicted octanol–water partition coefficient (Wildman–Crippen LogP) is 2.11. The summed E-state index contributed by atoms with van der Waals surface area (Å²) in [6.07, 6.45) is 3.66. The van der Waals surface area contributed by atoms with Crippen LogP contribution in [0.4, 0.5) is 11.5 Å². The topological polar surface area (TPSA) is 65.1 Å². The molecule has 0 aromatic carbocycles. The van der Waals surface area contributed by atoms with Crippen LogP contribution in [-0.2, 0) is 11.8 Å². The minimum absolute atomic E-state index is 0.349. The molecule has 102 valence electrons. The van der Waals surface area contributed by atoms with E-state index in [1.165, 1.54) is 0 Å². The summed E-state index contributed by atoms with van der Waals surface area (Å²) in [4.78, 5) is 0. The van der Waals surface area contributed by atoms with E-state index < -0.39 is 0 Å². The molecule has 2 atom stereocenters. The van der Waals surface area contributed by atoms with Gasteiger partial charge in [-0.15, -0.1) is 0 Å². The number of nitrogens with zero attached hydrogens (tertiary/aromatic N) is 2. The molecule has 1 aromatic rings. The van der Waals surface area contributed by atoms with Crippen molar-refractivity contribution in [2.24, 2.45) is 7.05 Å². The first-order valence-electron chi connectivity index (χ1n) is 6.64. The molecule has 1 fully saturated rings. The van der Waals surface area contributed by atoms with Crippen molar-refractivity contribution in [2.45, 2.75) is 51.2 Å². The van der Waals surface area contributed by atoms with Gasteiger partial charge >= 0.3 is 0 Å². The molecule has 0 spiro atoms. The van der Waals surface area contributed by atoms with E-state index in [1.807, 2.05) is 11.7 Å². The van der Waals surface area contributed by atoms with E-state index in [9.17, 15) is 0 Å². The number of methoxy groups -OCH3 is 1. The van der Waals surface area contributed by atoms with E-state index in [0.29, 0.717) is 18.1 Å². The number of rotatable bonds is 4. The van der Waals surface area contributed by atoms with E-state index in [2.05, 4.69) is 24.3 Å². The van der Waals surface area contributed by atoms with Gasteiger partial charge in [0.2, 0.25) is 0 Å². The maximum absolute atomic E-state index is 6.17. The van der Waals surface area contributed by atoms with Gasteiger partial charge in [-0.1, -0.05) is 13.8 Å². The molecular weight excluding hydrogens is 228 g/mol. The van der Waals surface area contributed by atoms with Gasteiger partial charge in [0.05, 0.1) is 17.5 Å². The first-order valence-corrected chi connectivity index (χ1v) is 6.64. The number of anilines is 2. The number of aryl methyl sites for hydroxylation is 1. The predicted molar refractivity (Wildman–Crippen MR) is 73.8 cm³/mol. The Labute approximate surface area is 109 Å². The molecule has 1 aliphatic rings. The zero-order chi connectivity index (χ0) is 13.3. The Morgan fingerprint density at radius 2 is 2.17 bits per heavy atom. The third-order valence-electron chi connectivity index (χ3n) is 3.72. The lowest BCUT2D eigenvalue weighted by molar-refractivity contribution is 0.108. The highest BCUT2D eigenvalue weighted by Crippen LogP contribution is 2.31. The van der Waals surface area contributed by atoms with E-state index >= 15 is 0 Å². The summed E-state index contributed by atoms with van der Waals surface area (Å²) in [5.74, 6) is 1.29. The number of hydrogen-bond donors (Lipinski definition) is 2. The lowest BCUT2D eigenvalue weighted by atomic mass is 10.1. The summed E-state index contributed by atoms with van der Waals surface area (Å²) in [5.41, 5.74) is 7.93. The Bertz CT molecular complexity index is 413. The van der Waals surface area contributed by atoms with Crippen LogP contribution < -0.4 is 11.1 Å². The van der Waals surface area contributed by atoms with Gasteiger partial charge in [0.1, 0.15) is 5.82 Å². The summed E-state index contributed by atoms with van der Waals surface area (Å²) < 4.78 is 7.24. The standard InChI is InChI=1S/C13H24N4O/c1-8(2)12-11(14)13(17(3)16-12)15-9-5-6-10(7-9)18-4/h8-10,15H,5-7,14H2,1-4H3. The van der Waals surface area contributed by atoms with E-state index in [-0.39, 0.29) is 0 Å². The summed E-state index contributed by atoms with van der Waals surface area (Å²) in [6, 6.07) is 0.438. The SMILES string of the molecule is COC1CCC(Nc2c(N)c(C(C)C)nn2C)C1. The van der Waals surface area contributed by atoms with Crippen molar-refractivity contribution in [1.29, 1.82) is 0 Å². The average molecular weight is 252 g/mol. The van der Waals surface area contributed by atoms with E-state index in [1.54, 1.807) is 7.11 Å². The third kappa shape index (κ3) is 2.46. The van der Waals surface area contributed by atoms with Gasteiger partial charge in [0, 0.05) is 20.2 Å². The maximum atomic E-state index is 6.17. The second kappa shape index (κ2) is 5.18. The van der Waals surface area contributed by atoms with Crippen molar-refractivity contribution in [1.82, 2.24) is 9.78 Å². The van der Waals surface area contributed by atoms with Gasteiger partial charge in [-0.25, -0.2) is 0 Å². The van der Waals surface area contributed by atoms with Crippen LogP contribution in [0.5, 0.6) is 0 Å². The van der Waals surface area contributed by atoms with Crippen molar-refractivity contribution in [2.75, 3.05) is 18.2 Å². The molecule has 2 rings (SSSR count). The van der Waals surface area contributed by atoms with Crippen LogP contribution in [0.2, 0.25) is 0 Å². The second-order valence-electron chi connectivity index (χ2n) is 5.44. The Kier molecular flexibility index (Phi) is 3.80. The van der Waals surface area contributed by atoms with Gasteiger partial charge in [-0.05, 0) is 25.2 Å². The minimum atomic E-state index is 0.349. The van der Waals surface area contributed by atoms with Crippen molar-refractivity contribution >= 4 is 11.5 Å². The Morgan fingerprint density at radius 1 is 1.44 bits per heavy atom. The van der Waals surface area contributed by atoms with Crippen LogP contribution in [0.3, 0.4) is 0 Å². The zero-order valence-corrected chi connectivity index (χ0v) is 11.7. The van der Waals surface area contributed by atoms with E-state index in [4.69, 9.17) is 10.5 Å². The molecule has 2 unspecified atom stereocenters. The van der Waals surface area contributed by atoms with Gasteiger partial charge in [0.15, 0.2) is 0 Å². The molecule has 3 N–H and O–H groups in total. The van der Waals surface area contributed by atoms with Crippen molar-refractivity contribution in [3.63, 3.8) is 0 Å². The number of hydrogen-bond acceptors (Lipinski definition) is 4. The van der Waals surface area contributed by atoms with Crippen LogP contribution in [-0.4, -0.2) is 29.0 Å². The highest BCUT2D eigenvalue weighted by Gasteiger charge is 2.26. The molecule has 5 heteroatoms. The summed E-state index contributed by atoms with van der Waals surface area (Å²) in [6.45, 7) is 4.22. The summed E-state index contributed by atoms with van der Waals surface area (Å²) >= 11 is 0. The van der Waals surface area contributed by atoms with E-state index in [0.717, 1.165) is 36.5 Å². The zero-order valence-electron chi connectivity index (χ0n) is 11.7. The molecule has 1 heterocycles. The smallest absolute Gasteiger partial charge is 0.148 e. The normalized spacial score (nSPS) is 23.8. The highest BCUT2D eigenvalue weighted by atomic mass is 16.5. The fraction of sp³-hybridized carbons (Fsp3) is 0.769. The monoisotopic (exact) mass is 252 g/mol. The van der Waals surface area contributed by atoms with Crippen molar-refractivity contribution in [3.05, 3.63) is 5.69 Å². The Hall–Kier alpha value is -1.23. The van der Waals surface area contributed by atoms with Gasteiger partial charge in [0.25, 0.3) is 0 Å². The third-order valence-corrected chi connectivity index (χ3v) is 3.72. The van der Waals surface area contributed by atoms with Crippen molar-refractivity contribution < 1.29 is 4.74 Å². The lowest BCUT2D eigenvalue weighted by Gasteiger charge is -2.15. The fourth-order valence-electron chi connectivity index (χ4n) is 2.64. The van der Waals surface area contributed by atoms with Gasteiger partial charge in [-0.3, -0.25) is 4.68 Å². The van der Waals surface area contributed by atoms with Crippen LogP contribution in [0, 0.1) is 0 Å². The summed E-state index contributed by atoms with van der Waals surface area (Å²) in [5, 5.41) is 8.00. The molecule has 5 nitrogen and oxygen atoms in total. The molecule has 1 saturated carbocycles.